The SMILES string of the molecule is O=[N+]([O-])c1ccccc1CCN1CC=CCC1. The number of hydrogen-bond donors (Lipinski definition) is 0. The van der Waals surface area contributed by atoms with Crippen molar-refractivity contribution < 1.29 is 4.92 Å². The maximum absolute atomic E-state index is 10.9. The van der Waals surface area contributed by atoms with Crippen LogP contribution in [0.4, 0.5) is 5.69 Å². The topological polar surface area (TPSA) is 46.4 Å². The standard InChI is InChI=1S/C13H16N2O2/c16-15(17)13-7-3-2-6-12(13)8-11-14-9-4-1-5-10-14/h1-4,6-7H,5,8-11H2. The average Bonchev–Trinajstić information content (AvgIpc) is 2.38. The van der Waals surface area contributed by atoms with Crippen LogP contribution in [0.3, 0.4) is 0 Å². The zero-order valence-electron chi connectivity index (χ0n) is 9.71. The van der Waals surface area contributed by atoms with Crippen LogP contribution in [-0.2, 0) is 6.42 Å². The van der Waals surface area contributed by atoms with Crippen molar-refractivity contribution in [3.8, 4) is 0 Å². The van der Waals surface area contributed by atoms with Gasteiger partial charge in [-0.3, -0.25) is 15.0 Å². The highest BCUT2D eigenvalue weighted by Crippen LogP contribution is 2.18. The maximum Gasteiger partial charge on any atom is 0.272 e. The molecular weight excluding hydrogens is 216 g/mol. The van der Waals surface area contributed by atoms with Crippen LogP contribution in [0.1, 0.15) is 12.0 Å². The van der Waals surface area contributed by atoms with Crippen LogP contribution in [0, 0.1) is 10.1 Å². The minimum Gasteiger partial charge on any atom is -0.299 e. The van der Waals surface area contributed by atoms with Crippen molar-refractivity contribution in [3.63, 3.8) is 0 Å². The smallest absolute Gasteiger partial charge is 0.272 e. The first kappa shape index (κ1) is 11.8. The van der Waals surface area contributed by atoms with E-state index in [4.69, 9.17) is 0 Å². The van der Waals surface area contributed by atoms with Crippen molar-refractivity contribution >= 4 is 5.69 Å². The summed E-state index contributed by atoms with van der Waals surface area (Å²) in [6.45, 7) is 2.90. The zero-order chi connectivity index (χ0) is 12.1. The van der Waals surface area contributed by atoms with Gasteiger partial charge in [0.15, 0.2) is 0 Å². The van der Waals surface area contributed by atoms with E-state index in [0.29, 0.717) is 0 Å². The van der Waals surface area contributed by atoms with Crippen LogP contribution >= 0.6 is 0 Å². The summed E-state index contributed by atoms with van der Waals surface area (Å²) in [6.07, 6.45) is 6.16. The minimum absolute atomic E-state index is 0.236. The van der Waals surface area contributed by atoms with E-state index in [1.807, 2.05) is 12.1 Å². The highest BCUT2D eigenvalue weighted by atomic mass is 16.6. The largest absolute Gasteiger partial charge is 0.299 e. The van der Waals surface area contributed by atoms with Gasteiger partial charge in [-0.1, -0.05) is 30.4 Å². The highest BCUT2D eigenvalue weighted by Gasteiger charge is 2.13. The number of nitro benzene ring substituents is 1. The second-order valence-corrected chi connectivity index (χ2v) is 4.20. The van der Waals surface area contributed by atoms with Crippen LogP contribution in [0.15, 0.2) is 36.4 Å². The molecule has 0 saturated heterocycles. The summed E-state index contributed by atoms with van der Waals surface area (Å²) >= 11 is 0. The van der Waals surface area contributed by atoms with E-state index in [2.05, 4.69) is 17.1 Å². The Balaban J connectivity index is 1.98. The van der Waals surface area contributed by atoms with Crippen LogP contribution in [0.25, 0.3) is 0 Å². The van der Waals surface area contributed by atoms with E-state index < -0.39 is 0 Å². The van der Waals surface area contributed by atoms with Crippen LogP contribution in [-0.4, -0.2) is 29.5 Å². The van der Waals surface area contributed by atoms with Gasteiger partial charge in [0.1, 0.15) is 0 Å². The Morgan fingerprint density at radius 2 is 2.12 bits per heavy atom. The molecule has 0 aliphatic carbocycles. The van der Waals surface area contributed by atoms with E-state index in [-0.39, 0.29) is 10.6 Å². The summed E-state index contributed by atoms with van der Waals surface area (Å²) < 4.78 is 0. The fraction of sp³-hybridized carbons (Fsp3) is 0.385. The summed E-state index contributed by atoms with van der Waals surface area (Å²) in [5.41, 5.74) is 1.06. The lowest BCUT2D eigenvalue weighted by molar-refractivity contribution is -0.385. The second-order valence-electron chi connectivity index (χ2n) is 4.20. The number of para-hydroxylation sites is 1. The Hall–Kier alpha value is -1.68. The molecule has 4 heteroatoms. The minimum atomic E-state index is -0.300. The molecule has 1 aliphatic rings. The third kappa shape index (κ3) is 3.14. The maximum atomic E-state index is 10.9. The number of nitro groups is 1. The predicted octanol–water partition coefficient (Wildman–Crippen LogP) is 2.40. The quantitative estimate of drug-likeness (QED) is 0.455. The molecule has 1 heterocycles. The summed E-state index contributed by atoms with van der Waals surface area (Å²) in [7, 11) is 0. The third-order valence-corrected chi connectivity index (χ3v) is 3.03. The summed E-state index contributed by atoms with van der Waals surface area (Å²) in [6, 6.07) is 6.99. The van der Waals surface area contributed by atoms with Crippen LogP contribution < -0.4 is 0 Å². The summed E-state index contributed by atoms with van der Waals surface area (Å²) in [5, 5.41) is 10.9. The molecule has 0 unspecified atom stereocenters. The molecule has 1 aliphatic heterocycles. The van der Waals surface area contributed by atoms with Crippen LogP contribution in [0.5, 0.6) is 0 Å². The molecule has 0 aromatic heterocycles. The molecule has 0 N–H and O–H groups in total. The van der Waals surface area contributed by atoms with Gasteiger partial charge in [0.05, 0.1) is 4.92 Å². The molecule has 0 saturated carbocycles. The van der Waals surface area contributed by atoms with Crippen molar-refractivity contribution in [1.29, 1.82) is 0 Å². The molecular formula is C13H16N2O2. The van der Waals surface area contributed by atoms with Gasteiger partial charge in [0.2, 0.25) is 0 Å². The molecule has 0 spiro atoms. The van der Waals surface area contributed by atoms with Crippen LogP contribution in [0.2, 0.25) is 0 Å². The normalized spacial score (nSPS) is 16.0. The molecule has 4 nitrogen and oxygen atoms in total. The Kier molecular flexibility index (Phi) is 3.88. The molecule has 0 atom stereocenters. The van der Waals surface area contributed by atoms with Crippen molar-refractivity contribution in [2.75, 3.05) is 19.6 Å². The van der Waals surface area contributed by atoms with Gasteiger partial charge in [-0.25, -0.2) is 0 Å². The van der Waals surface area contributed by atoms with Gasteiger partial charge in [0, 0.05) is 31.3 Å². The summed E-state index contributed by atoms with van der Waals surface area (Å²) in [4.78, 5) is 12.9. The van der Waals surface area contributed by atoms with Crippen molar-refractivity contribution in [1.82, 2.24) is 4.90 Å². The molecule has 1 aromatic rings. The predicted molar refractivity (Wildman–Crippen MR) is 67.0 cm³/mol. The molecule has 0 bridgehead atoms. The fourth-order valence-electron chi connectivity index (χ4n) is 2.07. The fourth-order valence-corrected chi connectivity index (χ4v) is 2.07. The van der Waals surface area contributed by atoms with Crippen molar-refractivity contribution in [3.05, 3.63) is 52.1 Å². The Bertz CT molecular complexity index is 429. The lowest BCUT2D eigenvalue weighted by Gasteiger charge is -2.22. The lowest BCUT2D eigenvalue weighted by Crippen LogP contribution is -2.29. The number of hydrogen-bond acceptors (Lipinski definition) is 3. The Morgan fingerprint density at radius 3 is 2.82 bits per heavy atom. The third-order valence-electron chi connectivity index (χ3n) is 3.03. The number of rotatable bonds is 4. The van der Waals surface area contributed by atoms with E-state index in [1.54, 1.807) is 12.1 Å². The molecule has 0 amide bonds. The zero-order valence-corrected chi connectivity index (χ0v) is 9.71. The Labute approximate surface area is 101 Å². The average molecular weight is 232 g/mol. The van der Waals surface area contributed by atoms with Gasteiger partial charge in [0.25, 0.3) is 5.69 Å². The van der Waals surface area contributed by atoms with Gasteiger partial charge >= 0.3 is 0 Å². The van der Waals surface area contributed by atoms with Gasteiger partial charge < -0.3 is 0 Å². The van der Waals surface area contributed by atoms with Gasteiger partial charge in [-0.05, 0) is 12.8 Å². The lowest BCUT2D eigenvalue weighted by atomic mass is 10.1. The first-order valence-electron chi connectivity index (χ1n) is 5.87. The number of benzene rings is 1. The monoisotopic (exact) mass is 232 g/mol. The number of nitrogens with zero attached hydrogens (tertiary/aromatic N) is 2. The Morgan fingerprint density at radius 1 is 1.29 bits per heavy atom. The van der Waals surface area contributed by atoms with Crippen molar-refractivity contribution in [2.24, 2.45) is 0 Å². The van der Waals surface area contributed by atoms with Crippen molar-refractivity contribution in [2.45, 2.75) is 12.8 Å². The molecule has 17 heavy (non-hydrogen) atoms. The van der Waals surface area contributed by atoms with Gasteiger partial charge in [-0.2, -0.15) is 0 Å². The molecule has 0 fully saturated rings. The summed E-state index contributed by atoms with van der Waals surface area (Å²) in [5.74, 6) is 0. The first-order chi connectivity index (χ1) is 8.27. The first-order valence-corrected chi connectivity index (χ1v) is 5.87. The van der Waals surface area contributed by atoms with E-state index in [1.165, 1.54) is 0 Å². The molecule has 2 rings (SSSR count). The van der Waals surface area contributed by atoms with E-state index in [9.17, 15) is 10.1 Å². The molecule has 1 aromatic carbocycles. The molecule has 90 valence electrons. The second kappa shape index (κ2) is 5.59. The van der Waals surface area contributed by atoms with E-state index in [0.717, 1.165) is 38.0 Å². The highest BCUT2D eigenvalue weighted by molar-refractivity contribution is 5.39. The van der Waals surface area contributed by atoms with Gasteiger partial charge in [-0.15, -0.1) is 0 Å². The molecule has 0 radical (unpaired) electrons. The van der Waals surface area contributed by atoms with E-state index >= 15 is 0 Å².